The van der Waals surface area contributed by atoms with Crippen LogP contribution < -0.4 is 23.7 Å². The van der Waals surface area contributed by atoms with Crippen LogP contribution in [0.25, 0.3) is 22.3 Å². The van der Waals surface area contributed by atoms with Gasteiger partial charge in [-0.2, -0.15) is 26.3 Å². The molecule has 74 heavy (non-hydrogen) atoms. The number of halogens is 11. The zero-order valence-corrected chi connectivity index (χ0v) is 41.0. The fraction of sp³-hybridized carbons (Fsp3) is 0.345. The first-order chi connectivity index (χ1) is 35.4. The summed E-state index contributed by atoms with van der Waals surface area (Å²) in [4.78, 5) is 0. The molecule has 5 nitrogen and oxygen atoms in total. The number of allylic oxidation sites excluding steroid dienone is 1. The van der Waals surface area contributed by atoms with Crippen molar-refractivity contribution >= 4 is 0 Å². The Morgan fingerprint density at radius 3 is 1.34 bits per heavy atom. The summed E-state index contributed by atoms with van der Waals surface area (Å²) in [5, 5.41) is 0. The Bertz CT molecular complexity index is 2750. The largest absolute Gasteiger partial charge is 0.493 e. The van der Waals surface area contributed by atoms with Gasteiger partial charge in [-0.25, -0.2) is 22.0 Å². The van der Waals surface area contributed by atoms with Gasteiger partial charge in [0.2, 0.25) is 11.6 Å². The van der Waals surface area contributed by atoms with Gasteiger partial charge in [-0.05, 0) is 123 Å². The predicted octanol–water partition coefficient (Wildman–Crippen LogP) is 17.9. The van der Waals surface area contributed by atoms with Gasteiger partial charge >= 0.3 is 12.2 Å². The molecule has 0 saturated heterocycles. The number of aryl methyl sites for hydroxylation is 1. The molecule has 16 heteroatoms. The molecule has 1 atom stereocenters. The van der Waals surface area contributed by atoms with Crippen molar-refractivity contribution in [3.05, 3.63) is 173 Å². The zero-order valence-electron chi connectivity index (χ0n) is 41.0. The second kappa shape index (κ2) is 26.5. The molecule has 6 rings (SSSR count). The highest BCUT2D eigenvalue weighted by Crippen LogP contribution is 2.41. The van der Waals surface area contributed by atoms with E-state index in [2.05, 4.69) is 16.1 Å². The topological polar surface area (TPSA) is 46.2 Å². The standard InChI is InChI=1S/C58H57F11O5/c1-4-38(16-12-8-6-10-14-32-71-44-28-30-46(49(60)35-44)39-19-24-42(25-20-39)73-57(66,67)41-23-18-37(3)48(59)34-41)17-13-9-7-11-15-33-72-45-29-31-47(50(61)36-45)40-21-26-43(27-22-40)74-58(68,69)51-52(62)54(64)56(70-5-2)55(65)53(51)63/h4,18-31,34-36,38H,1,5-17,32-33H2,2-3H3. The van der Waals surface area contributed by atoms with Crippen LogP contribution in [0.2, 0.25) is 0 Å². The number of benzene rings is 6. The number of hydrogen-bond donors (Lipinski definition) is 0. The molecule has 0 aliphatic heterocycles. The summed E-state index contributed by atoms with van der Waals surface area (Å²) >= 11 is 0. The summed E-state index contributed by atoms with van der Waals surface area (Å²) in [7, 11) is 0. The van der Waals surface area contributed by atoms with Crippen molar-refractivity contribution in [2.45, 2.75) is 103 Å². The Hall–Kier alpha value is -6.71. The SMILES string of the molecule is C=CC(CCCCCCCOc1ccc(-c2ccc(OC(F)(F)c3ccc(C)c(F)c3)cc2)c(F)c1)CCCCCCCOc1ccc(-c2ccc(OC(F)(F)c3c(F)c(F)c(OCC)c(F)c3F)cc2)c(F)c1. The minimum atomic E-state index is -4.83. The molecular weight excluding hydrogens is 986 g/mol. The van der Waals surface area contributed by atoms with E-state index in [0.717, 1.165) is 101 Å². The Kier molecular flexibility index (Phi) is 20.3. The molecule has 0 aliphatic carbocycles. The van der Waals surface area contributed by atoms with Crippen molar-refractivity contribution < 1.29 is 72.0 Å². The van der Waals surface area contributed by atoms with E-state index >= 15 is 8.78 Å². The third kappa shape index (κ3) is 15.2. The number of rotatable bonds is 29. The van der Waals surface area contributed by atoms with E-state index in [1.807, 2.05) is 6.08 Å². The van der Waals surface area contributed by atoms with Crippen molar-refractivity contribution in [2.75, 3.05) is 19.8 Å². The van der Waals surface area contributed by atoms with Gasteiger partial charge in [0.05, 0.1) is 25.4 Å². The molecule has 0 amide bonds. The lowest BCUT2D eigenvalue weighted by Crippen LogP contribution is -2.27. The van der Waals surface area contributed by atoms with Crippen LogP contribution in [0.4, 0.5) is 48.3 Å². The number of hydrogen-bond acceptors (Lipinski definition) is 5. The van der Waals surface area contributed by atoms with Gasteiger partial charge in [0, 0.05) is 23.3 Å². The Balaban J connectivity index is 0.801. The Labute approximate surface area is 423 Å². The molecule has 0 aromatic heterocycles. The number of alkyl halides is 4. The average molecular weight is 1040 g/mol. The third-order valence-corrected chi connectivity index (χ3v) is 12.3. The van der Waals surface area contributed by atoms with Crippen molar-refractivity contribution in [1.82, 2.24) is 0 Å². The van der Waals surface area contributed by atoms with Gasteiger partial charge in [0.15, 0.2) is 17.4 Å². The molecule has 0 fully saturated rings. The van der Waals surface area contributed by atoms with Crippen LogP contribution in [0, 0.1) is 53.6 Å². The number of unbranched alkanes of at least 4 members (excludes halogenated alkanes) is 8. The highest BCUT2D eigenvalue weighted by Gasteiger charge is 2.45. The summed E-state index contributed by atoms with van der Waals surface area (Å²) < 4.78 is 186. The monoisotopic (exact) mass is 1040 g/mol. The van der Waals surface area contributed by atoms with Crippen molar-refractivity contribution in [2.24, 2.45) is 5.92 Å². The average Bonchev–Trinajstić information content (AvgIpc) is 3.37. The molecule has 0 aliphatic rings. The van der Waals surface area contributed by atoms with Crippen LogP contribution in [0.5, 0.6) is 28.7 Å². The van der Waals surface area contributed by atoms with Gasteiger partial charge in [0.1, 0.15) is 46.0 Å². The van der Waals surface area contributed by atoms with E-state index in [0.29, 0.717) is 36.2 Å². The molecule has 396 valence electrons. The lowest BCUT2D eigenvalue weighted by molar-refractivity contribution is -0.190. The van der Waals surface area contributed by atoms with Crippen LogP contribution in [0.1, 0.15) is 101 Å². The highest BCUT2D eigenvalue weighted by atomic mass is 19.3. The van der Waals surface area contributed by atoms with E-state index in [-0.39, 0.29) is 34.6 Å². The third-order valence-electron chi connectivity index (χ3n) is 12.3. The molecule has 0 saturated carbocycles. The predicted molar refractivity (Wildman–Crippen MR) is 261 cm³/mol. The van der Waals surface area contributed by atoms with Crippen molar-refractivity contribution in [1.29, 1.82) is 0 Å². The molecule has 1 unspecified atom stereocenters. The summed E-state index contributed by atoms with van der Waals surface area (Å²) in [5.74, 6) is -12.1. The Morgan fingerprint density at radius 1 is 0.473 bits per heavy atom. The first kappa shape index (κ1) is 56.6. The van der Waals surface area contributed by atoms with Gasteiger partial charge in [0.25, 0.3) is 0 Å². The zero-order chi connectivity index (χ0) is 53.4. The first-order valence-corrected chi connectivity index (χ1v) is 24.5. The van der Waals surface area contributed by atoms with E-state index in [1.165, 1.54) is 74.5 Å². The Morgan fingerprint density at radius 2 is 0.905 bits per heavy atom. The second-order valence-corrected chi connectivity index (χ2v) is 17.7. The smallest absolute Gasteiger partial charge is 0.432 e. The van der Waals surface area contributed by atoms with Crippen LogP contribution >= 0.6 is 0 Å². The molecular formula is C58H57F11O5. The quantitative estimate of drug-likeness (QED) is 0.0203. The summed E-state index contributed by atoms with van der Waals surface area (Å²) in [6, 6.07) is 21.8. The van der Waals surface area contributed by atoms with Gasteiger partial charge < -0.3 is 23.7 Å². The molecule has 0 heterocycles. The normalized spacial score (nSPS) is 12.1. The number of ether oxygens (including phenoxy) is 5. The maximum absolute atomic E-state index is 15.1. The van der Waals surface area contributed by atoms with Gasteiger partial charge in [-0.15, -0.1) is 6.58 Å². The van der Waals surface area contributed by atoms with E-state index < -0.39 is 75.6 Å². The highest BCUT2D eigenvalue weighted by molar-refractivity contribution is 5.67. The van der Waals surface area contributed by atoms with Gasteiger partial charge in [-0.3, -0.25) is 0 Å². The summed E-state index contributed by atoms with van der Waals surface area (Å²) in [6.45, 7) is 7.21. The minimum Gasteiger partial charge on any atom is -0.493 e. The van der Waals surface area contributed by atoms with E-state index in [9.17, 15) is 39.5 Å². The van der Waals surface area contributed by atoms with Crippen LogP contribution in [-0.2, 0) is 12.2 Å². The molecule has 0 radical (unpaired) electrons. The lowest BCUT2D eigenvalue weighted by atomic mass is 9.94. The first-order valence-electron chi connectivity index (χ1n) is 24.5. The molecule has 6 aromatic rings. The van der Waals surface area contributed by atoms with E-state index in [4.69, 9.17) is 14.2 Å². The molecule has 0 N–H and O–H groups in total. The van der Waals surface area contributed by atoms with E-state index in [1.54, 1.807) is 18.2 Å². The molecule has 6 aromatic carbocycles. The van der Waals surface area contributed by atoms with Crippen molar-refractivity contribution in [3.63, 3.8) is 0 Å². The van der Waals surface area contributed by atoms with Crippen LogP contribution in [0.15, 0.2) is 116 Å². The maximum atomic E-state index is 15.1. The fourth-order valence-electron chi connectivity index (χ4n) is 8.20. The summed E-state index contributed by atoms with van der Waals surface area (Å²) in [5.41, 5.74) is -1.55. The lowest BCUT2D eigenvalue weighted by Gasteiger charge is -2.21. The summed E-state index contributed by atoms with van der Waals surface area (Å²) in [6.07, 6.45) is 5.37. The van der Waals surface area contributed by atoms with Gasteiger partial charge in [-0.1, -0.05) is 87.8 Å². The molecule has 0 bridgehead atoms. The maximum Gasteiger partial charge on any atom is 0.432 e. The molecule has 0 spiro atoms. The van der Waals surface area contributed by atoms with Crippen molar-refractivity contribution in [3.8, 4) is 51.0 Å². The fourth-order valence-corrected chi connectivity index (χ4v) is 8.20. The van der Waals surface area contributed by atoms with Crippen LogP contribution in [-0.4, -0.2) is 19.8 Å². The second-order valence-electron chi connectivity index (χ2n) is 17.7. The minimum absolute atomic E-state index is 0.109. The van der Waals surface area contributed by atoms with Crippen LogP contribution in [0.3, 0.4) is 0 Å².